The van der Waals surface area contributed by atoms with Crippen molar-refractivity contribution in [2.24, 2.45) is 0 Å². The molecule has 0 spiro atoms. The smallest absolute Gasteiger partial charge is 0.238 e. The first-order chi connectivity index (χ1) is 19.6. The maximum Gasteiger partial charge on any atom is 0.238 e. The number of benzene rings is 4. The number of aromatic nitrogens is 4. The van der Waals surface area contributed by atoms with E-state index in [0.717, 1.165) is 35.0 Å². The number of para-hydroxylation sites is 1. The number of fused-ring (bicyclic) bond motifs is 6. The van der Waals surface area contributed by atoms with Gasteiger partial charge in [-0.25, -0.2) is 4.98 Å². The van der Waals surface area contributed by atoms with Crippen LogP contribution in [0.4, 0.5) is 0 Å². The Kier molecular flexibility index (Phi) is 4.96. The monoisotopic (exact) mass is 516 g/mol. The van der Waals surface area contributed by atoms with Crippen molar-refractivity contribution in [3.8, 4) is 28.7 Å². The second-order valence-corrected chi connectivity index (χ2v) is 11.2. The number of nitrogens with zero attached hydrogens (tertiary/aromatic N) is 4. The number of allylic oxidation sites excluding steroid dienone is 4. The van der Waals surface area contributed by atoms with E-state index in [0.29, 0.717) is 17.6 Å². The molecule has 0 aliphatic heterocycles. The summed E-state index contributed by atoms with van der Waals surface area (Å²) in [4.78, 5) is 15.1. The fraction of sp³-hybridized carbons (Fsp3) is 0.139. The van der Waals surface area contributed by atoms with Gasteiger partial charge in [-0.05, 0) is 53.3 Å². The molecule has 0 radical (unpaired) electrons. The highest BCUT2D eigenvalue weighted by Gasteiger charge is 2.39. The van der Waals surface area contributed by atoms with Crippen LogP contribution in [-0.2, 0) is 5.41 Å². The minimum atomic E-state index is -0.0550. The Morgan fingerprint density at radius 1 is 0.625 bits per heavy atom. The van der Waals surface area contributed by atoms with Gasteiger partial charge in [0, 0.05) is 27.3 Å². The van der Waals surface area contributed by atoms with E-state index in [2.05, 4.69) is 91.2 Å². The molecule has 0 saturated heterocycles. The number of rotatable bonds is 3. The van der Waals surface area contributed by atoms with Crippen LogP contribution in [-0.4, -0.2) is 19.5 Å². The Morgan fingerprint density at radius 2 is 1.25 bits per heavy atom. The first-order valence-corrected chi connectivity index (χ1v) is 14.0. The van der Waals surface area contributed by atoms with Gasteiger partial charge in [0.25, 0.3) is 0 Å². The molecule has 0 amide bonds. The summed E-state index contributed by atoms with van der Waals surface area (Å²) in [7, 11) is 0. The molecule has 4 aromatic carbocycles. The van der Waals surface area contributed by atoms with Crippen molar-refractivity contribution < 1.29 is 0 Å². The Morgan fingerprint density at radius 3 is 1.95 bits per heavy atom. The highest BCUT2D eigenvalue weighted by molar-refractivity contribution is 6.11. The van der Waals surface area contributed by atoms with Crippen LogP contribution >= 0.6 is 0 Å². The topological polar surface area (TPSA) is 43.6 Å². The molecule has 0 fully saturated rings. The normalized spacial score (nSPS) is 15.6. The van der Waals surface area contributed by atoms with Crippen LogP contribution in [0, 0.1) is 0 Å². The lowest BCUT2D eigenvalue weighted by molar-refractivity contribution is 0.655. The molecule has 0 unspecified atom stereocenters. The fourth-order valence-corrected chi connectivity index (χ4v) is 6.54. The van der Waals surface area contributed by atoms with Gasteiger partial charge in [-0.1, -0.05) is 105 Å². The van der Waals surface area contributed by atoms with Gasteiger partial charge in [0.2, 0.25) is 5.95 Å². The van der Waals surface area contributed by atoms with Gasteiger partial charge in [0.05, 0.1) is 11.0 Å². The van der Waals surface area contributed by atoms with Crippen LogP contribution in [0.3, 0.4) is 0 Å². The van der Waals surface area contributed by atoms with E-state index in [1.54, 1.807) is 0 Å². The summed E-state index contributed by atoms with van der Waals surface area (Å²) in [6.45, 7) is 4.71. The SMILES string of the molecule is CC1(C)C2=CCCC=C2c2cc3c4ccccc4n(-c4nc(-c5ccccc5)nc(-c5ccccc5)n4)c3cc21. The molecule has 0 bridgehead atoms. The van der Waals surface area contributed by atoms with Crippen LogP contribution in [0.15, 0.2) is 115 Å². The van der Waals surface area contributed by atoms with Crippen molar-refractivity contribution in [1.82, 2.24) is 19.5 Å². The average Bonchev–Trinajstić information content (AvgIpc) is 3.45. The molecule has 2 heterocycles. The van der Waals surface area contributed by atoms with Crippen molar-refractivity contribution in [2.75, 3.05) is 0 Å². The molecule has 8 rings (SSSR count). The van der Waals surface area contributed by atoms with Crippen LogP contribution in [0.25, 0.3) is 56.1 Å². The van der Waals surface area contributed by atoms with Gasteiger partial charge in [-0.2, -0.15) is 9.97 Å². The summed E-state index contributed by atoms with van der Waals surface area (Å²) in [6.07, 6.45) is 7.08. The van der Waals surface area contributed by atoms with Gasteiger partial charge in [0.1, 0.15) is 0 Å². The Bertz CT molecular complexity index is 1950. The molecule has 0 atom stereocenters. The van der Waals surface area contributed by atoms with Crippen molar-refractivity contribution in [3.05, 3.63) is 126 Å². The van der Waals surface area contributed by atoms with Crippen molar-refractivity contribution in [1.29, 1.82) is 0 Å². The molecule has 0 N–H and O–H groups in total. The molecule has 192 valence electrons. The zero-order chi connectivity index (χ0) is 26.8. The third-order valence-electron chi connectivity index (χ3n) is 8.49. The fourth-order valence-electron chi connectivity index (χ4n) is 6.54. The maximum atomic E-state index is 5.09. The van der Waals surface area contributed by atoms with E-state index in [4.69, 9.17) is 15.0 Å². The number of hydrogen-bond acceptors (Lipinski definition) is 3. The highest BCUT2D eigenvalue weighted by atomic mass is 15.2. The standard InChI is InChI=1S/C36H28N4/c1-36(2)29-19-11-9-17-25(29)27-21-28-26-18-10-12-20-31(26)40(32(28)22-30(27)36)35-38-33(23-13-5-3-6-14-23)37-34(39-35)24-15-7-4-8-16-24/h3-8,10,12-22H,9,11H2,1-2H3. The van der Waals surface area contributed by atoms with E-state index in [1.165, 1.54) is 33.0 Å². The van der Waals surface area contributed by atoms with Crippen LogP contribution < -0.4 is 0 Å². The first kappa shape index (κ1) is 23.1. The molecular formula is C36H28N4. The molecular weight excluding hydrogens is 488 g/mol. The van der Waals surface area contributed by atoms with Gasteiger partial charge in [-0.3, -0.25) is 4.57 Å². The van der Waals surface area contributed by atoms with Gasteiger partial charge in [-0.15, -0.1) is 0 Å². The second-order valence-electron chi connectivity index (χ2n) is 11.2. The zero-order valence-electron chi connectivity index (χ0n) is 22.6. The molecule has 40 heavy (non-hydrogen) atoms. The van der Waals surface area contributed by atoms with Gasteiger partial charge < -0.3 is 0 Å². The molecule has 4 heteroatoms. The molecule has 4 nitrogen and oxygen atoms in total. The summed E-state index contributed by atoms with van der Waals surface area (Å²) in [5, 5.41) is 2.43. The third kappa shape index (κ3) is 3.35. The summed E-state index contributed by atoms with van der Waals surface area (Å²) in [5.74, 6) is 1.96. The lowest BCUT2D eigenvalue weighted by atomic mass is 9.80. The minimum Gasteiger partial charge on any atom is -0.278 e. The largest absolute Gasteiger partial charge is 0.278 e. The zero-order valence-corrected chi connectivity index (χ0v) is 22.6. The molecule has 2 aliphatic carbocycles. The van der Waals surface area contributed by atoms with E-state index in [1.807, 2.05) is 36.4 Å². The van der Waals surface area contributed by atoms with Gasteiger partial charge in [0.15, 0.2) is 11.6 Å². The van der Waals surface area contributed by atoms with Crippen molar-refractivity contribution in [3.63, 3.8) is 0 Å². The second kappa shape index (κ2) is 8.59. The molecule has 6 aromatic rings. The number of hydrogen-bond donors (Lipinski definition) is 0. The van der Waals surface area contributed by atoms with Crippen LogP contribution in [0.5, 0.6) is 0 Å². The molecule has 0 saturated carbocycles. The van der Waals surface area contributed by atoms with E-state index in [9.17, 15) is 0 Å². The van der Waals surface area contributed by atoms with Crippen molar-refractivity contribution in [2.45, 2.75) is 32.1 Å². The van der Waals surface area contributed by atoms with Gasteiger partial charge >= 0.3 is 0 Å². The van der Waals surface area contributed by atoms with E-state index >= 15 is 0 Å². The first-order valence-electron chi connectivity index (χ1n) is 14.0. The summed E-state index contributed by atoms with van der Waals surface area (Å²) in [5.41, 5.74) is 9.68. The van der Waals surface area contributed by atoms with Crippen LogP contribution in [0.2, 0.25) is 0 Å². The van der Waals surface area contributed by atoms with E-state index in [-0.39, 0.29) is 5.41 Å². The predicted octanol–water partition coefficient (Wildman–Crippen LogP) is 8.70. The Labute approximate surface area is 233 Å². The summed E-state index contributed by atoms with van der Waals surface area (Å²) < 4.78 is 2.23. The minimum absolute atomic E-state index is 0.0550. The molecule has 2 aromatic heterocycles. The Hall–Kier alpha value is -4.83. The summed E-state index contributed by atoms with van der Waals surface area (Å²) in [6, 6.07) is 33.7. The van der Waals surface area contributed by atoms with E-state index < -0.39 is 0 Å². The lowest BCUT2D eigenvalue weighted by Crippen LogP contribution is -2.16. The highest BCUT2D eigenvalue weighted by Crippen LogP contribution is 2.53. The van der Waals surface area contributed by atoms with Crippen LogP contribution in [0.1, 0.15) is 37.8 Å². The quantitative estimate of drug-likeness (QED) is 0.236. The average molecular weight is 517 g/mol. The Balaban J connectivity index is 1.46. The summed E-state index contributed by atoms with van der Waals surface area (Å²) >= 11 is 0. The lowest BCUT2D eigenvalue weighted by Gasteiger charge is -2.23. The maximum absolute atomic E-state index is 5.09. The predicted molar refractivity (Wildman–Crippen MR) is 163 cm³/mol. The third-order valence-corrected chi connectivity index (χ3v) is 8.49. The molecule has 2 aliphatic rings. The van der Waals surface area contributed by atoms with Crippen molar-refractivity contribution >= 4 is 27.4 Å².